The summed E-state index contributed by atoms with van der Waals surface area (Å²) in [7, 11) is 0. The zero-order chi connectivity index (χ0) is 16.4. The van der Waals surface area contributed by atoms with Gasteiger partial charge >= 0.3 is 11.7 Å². The van der Waals surface area contributed by atoms with Gasteiger partial charge in [-0.1, -0.05) is 13.8 Å². The third-order valence-electron chi connectivity index (χ3n) is 3.26. The van der Waals surface area contributed by atoms with Gasteiger partial charge in [-0.2, -0.15) is 4.98 Å². The Hall–Kier alpha value is -2.00. The molecular weight excluding hydrogens is 297 g/mol. The maximum Gasteiger partial charge on any atom is 0.351 e. The fraction of sp³-hybridized carbons (Fsp3) is 0.615. The van der Waals surface area contributed by atoms with Crippen LogP contribution in [0.5, 0.6) is 0 Å². The molecule has 0 saturated carbocycles. The summed E-state index contributed by atoms with van der Waals surface area (Å²) in [5, 5.41) is 9.97. The summed E-state index contributed by atoms with van der Waals surface area (Å²) < 4.78 is 24.7. The molecule has 2 rings (SSSR count). The van der Waals surface area contributed by atoms with Gasteiger partial charge in [0.1, 0.15) is 12.7 Å². The highest BCUT2D eigenvalue weighted by Gasteiger charge is 2.37. The van der Waals surface area contributed by atoms with Gasteiger partial charge in [-0.05, 0) is 0 Å². The summed E-state index contributed by atoms with van der Waals surface area (Å²) in [4.78, 5) is 26.4. The number of hydrogen-bond acceptors (Lipinski definition) is 7. The number of esters is 1. The molecule has 0 radical (unpaired) electrons. The van der Waals surface area contributed by atoms with Gasteiger partial charge in [-0.15, -0.1) is 0 Å². The van der Waals surface area contributed by atoms with Crippen molar-refractivity contribution in [2.75, 3.05) is 12.3 Å². The molecule has 0 aliphatic carbocycles. The Labute approximate surface area is 125 Å². The van der Waals surface area contributed by atoms with Gasteiger partial charge in [0.15, 0.2) is 17.9 Å². The quantitative estimate of drug-likeness (QED) is 0.740. The van der Waals surface area contributed by atoms with Crippen LogP contribution in [0, 0.1) is 11.7 Å². The van der Waals surface area contributed by atoms with Gasteiger partial charge in [0.2, 0.25) is 0 Å². The normalized spacial score (nSPS) is 24.7. The lowest BCUT2D eigenvalue weighted by Gasteiger charge is -2.17. The molecule has 1 aliphatic rings. The molecule has 0 spiro atoms. The summed E-state index contributed by atoms with van der Waals surface area (Å²) in [6, 6.07) is 0. The van der Waals surface area contributed by atoms with Gasteiger partial charge in [-0.3, -0.25) is 9.36 Å². The third-order valence-corrected chi connectivity index (χ3v) is 3.26. The molecule has 1 aliphatic heterocycles. The Morgan fingerprint density at radius 2 is 2.36 bits per heavy atom. The van der Waals surface area contributed by atoms with E-state index in [1.165, 1.54) is 0 Å². The van der Waals surface area contributed by atoms with Gasteiger partial charge in [0, 0.05) is 6.42 Å². The number of aromatic nitrogens is 2. The van der Waals surface area contributed by atoms with Crippen LogP contribution in [0.1, 0.15) is 26.5 Å². The summed E-state index contributed by atoms with van der Waals surface area (Å²) in [5.74, 6) is -2.07. The number of halogens is 1. The van der Waals surface area contributed by atoms with Crippen LogP contribution in [-0.4, -0.2) is 39.4 Å². The van der Waals surface area contributed by atoms with E-state index in [1.54, 1.807) is 13.8 Å². The molecule has 22 heavy (non-hydrogen) atoms. The number of anilines is 1. The first-order chi connectivity index (χ1) is 10.3. The predicted molar refractivity (Wildman–Crippen MR) is 73.2 cm³/mol. The molecule has 0 aromatic carbocycles. The molecular formula is C13H18FN3O5. The molecule has 9 heteroatoms. The highest BCUT2D eigenvalue weighted by Crippen LogP contribution is 2.28. The number of rotatable bonds is 4. The number of hydrogen-bond donors (Lipinski definition) is 2. The summed E-state index contributed by atoms with van der Waals surface area (Å²) in [6.45, 7) is 3.33. The van der Waals surface area contributed by atoms with E-state index < -0.39 is 35.8 Å². The zero-order valence-corrected chi connectivity index (χ0v) is 12.2. The first kappa shape index (κ1) is 16.4. The minimum absolute atomic E-state index is 0.0514. The topological polar surface area (TPSA) is 117 Å². The fourth-order valence-electron chi connectivity index (χ4n) is 2.07. The SMILES string of the molecule is CC(C)C(=O)OCC1CC(O)C(n2cc(F)c(N)nc2=O)O1. The lowest BCUT2D eigenvalue weighted by molar-refractivity contribution is -0.152. The van der Waals surface area contributed by atoms with E-state index >= 15 is 0 Å². The minimum Gasteiger partial charge on any atom is -0.463 e. The van der Waals surface area contributed by atoms with E-state index in [-0.39, 0.29) is 24.9 Å². The highest BCUT2D eigenvalue weighted by atomic mass is 19.1. The van der Waals surface area contributed by atoms with E-state index in [0.717, 1.165) is 10.8 Å². The van der Waals surface area contributed by atoms with Crippen molar-refractivity contribution in [3.8, 4) is 0 Å². The van der Waals surface area contributed by atoms with Crippen molar-refractivity contribution in [3.63, 3.8) is 0 Å². The second-order valence-electron chi connectivity index (χ2n) is 5.40. The molecule has 122 valence electrons. The van der Waals surface area contributed by atoms with Crippen LogP contribution in [0.25, 0.3) is 0 Å². The Balaban J connectivity index is 2.07. The molecule has 8 nitrogen and oxygen atoms in total. The number of carbonyl (C=O) groups is 1. The van der Waals surface area contributed by atoms with E-state index in [1.807, 2.05) is 0 Å². The third kappa shape index (κ3) is 3.42. The summed E-state index contributed by atoms with van der Waals surface area (Å²) in [6.07, 6.45) is -1.76. The van der Waals surface area contributed by atoms with Crippen LogP contribution in [0.3, 0.4) is 0 Å². The van der Waals surface area contributed by atoms with E-state index in [9.17, 15) is 19.1 Å². The van der Waals surface area contributed by atoms with Gasteiger partial charge in [0.05, 0.1) is 18.2 Å². The fourth-order valence-corrected chi connectivity index (χ4v) is 2.07. The van der Waals surface area contributed by atoms with Gasteiger partial charge in [0.25, 0.3) is 0 Å². The molecule has 1 fully saturated rings. The van der Waals surface area contributed by atoms with E-state index in [4.69, 9.17) is 15.2 Å². The molecule has 1 aromatic heterocycles. The van der Waals surface area contributed by atoms with Gasteiger partial charge in [-0.25, -0.2) is 9.18 Å². The Bertz CT molecular complexity index is 618. The molecule has 1 aromatic rings. The zero-order valence-electron chi connectivity index (χ0n) is 12.2. The number of carbonyl (C=O) groups excluding carboxylic acids is 1. The largest absolute Gasteiger partial charge is 0.463 e. The average molecular weight is 315 g/mol. The van der Waals surface area contributed by atoms with Crippen molar-refractivity contribution >= 4 is 11.8 Å². The van der Waals surface area contributed by atoms with Crippen LogP contribution in [0.4, 0.5) is 10.2 Å². The van der Waals surface area contributed by atoms with E-state index in [2.05, 4.69) is 4.98 Å². The number of aliphatic hydroxyl groups excluding tert-OH is 1. The van der Waals surface area contributed by atoms with Crippen molar-refractivity contribution in [1.82, 2.24) is 9.55 Å². The van der Waals surface area contributed by atoms with Crippen LogP contribution in [-0.2, 0) is 14.3 Å². The molecule has 2 heterocycles. The lowest BCUT2D eigenvalue weighted by Crippen LogP contribution is -2.32. The van der Waals surface area contributed by atoms with Crippen LogP contribution in [0.15, 0.2) is 11.0 Å². The summed E-state index contributed by atoms with van der Waals surface area (Å²) >= 11 is 0. The van der Waals surface area contributed by atoms with Crippen molar-refractivity contribution in [2.45, 2.75) is 38.7 Å². The molecule has 0 amide bonds. The van der Waals surface area contributed by atoms with Crippen LogP contribution in [0.2, 0.25) is 0 Å². The summed E-state index contributed by atoms with van der Waals surface area (Å²) in [5.41, 5.74) is 4.37. The minimum atomic E-state index is -1.10. The van der Waals surface area contributed by atoms with Crippen LogP contribution < -0.4 is 11.4 Å². The molecule has 0 bridgehead atoms. The van der Waals surface area contributed by atoms with Crippen molar-refractivity contribution < 1.29 is 23.8 Å². The second kappa shape index (κ2) is 6.41. The first-order valence-corrected chi connectivity index (χ1v) is 6.84. The average Bonchev–Trinajstić information content (AvgIpc) is 2.81. The standard InChI is InChI=1S/C13H18FN3O5/c1-6(2)12(19)21-5-7-3-9(18)11(22-7)17-4-8(14)10(15)16-13(17)20/h4,6-7,9,11,18H,3,5H2,1-2H3,(H2,15,16,20). The van der Waals surface area contributed by atoms with Crippen molar-refractivity contribution in [3.05, 3.63) is 22.5 Å². The van der Waals surface area contributed by atoms with Crippen molar-refractivity contribution in [2.24, 2.45) is 5.92 Å². The maximum absolute atomic E-state index is 13.4. The monoisotopic (exact) mass is 315 g/mol. The second-order valence-corrected chi connectivity index (χ2v) is 5.40. The Morgan fingerprint density at radius 1 is 1.68 bits per heavy atom. The predicted octanol–water partition coefficient (Wildman–Crippen LogP) is -0.188. The van der Waals surface area contributed by atoms with Crippen molar-refractivity contribution in [1.29, 1.82) is 0 Å². The van der Waals surface area contributed by atoms with E-state index in [0.29, 0.717) is 0 Å². The molecule has 1 saturated heterocycles. The van der Waals surface area contributed by atoms with Gasteiger partial charge < -0.3 is 20.3 Å². The number of nitrogen functional groups attached to an aromatic ring is 1. The smallest absolute Gasteiger partial charge is 0.351 e. The number of nitrogens with zero attached hydrogens (tertiary/aromatic N) is 2. The number of ether oxygens (including phenoxy) is 2. The highest BCUT2D eigenvalue weighted by molar-refractivity contribution is 5.71. The number of nitrogens with two attached hydrogens (primary N) is 1. The Morgan fingerprint density at radius 3 is 3.00 bits per heavy atom. The molecule has 3 unspecified atom stereocenters. The first-order valence-electron chi connectivity index (χ1n) is 6.84. The lowest BCUT2D eigenvalue weighted by atomic mass is 10.2. The maximum atomic E-state index is 13.4. The molecule has 3 N–H and O–H groups in total. The number of aliphatic hydroxyl groups is 1. The Kier molecular flexibility index (Phi) is 4.77. The molecule has 3 atom stereocenters. The van der Waals surface area contributed by atoms with Crippen LogP contribution >= 0.6 is 0 Å².